The van der Waals surface area contributed by atoms with Crippen molar-refractivity contribution in [3.8, 4) is 0 Å². The maximum absolute atomic E-state index is 12.4. The highest BCUT2D eigenvalue weighted by atomic mass is 16.5. The smallest absolute Gasteiger partial charge is 0.306 e. The Morgan fingerprint density at radius 1 is 0.963 bits per heavy atom. The molecule has 0 aliphatic carbocycles. The molecule has 1 heterocycles. The molecule has 1 atom stereocenters. The summed E-state index contributed by atoms with van der Waals surface area (Å²) in [6.07, 6.45) is 4.48. The molecule has 0 fully saturated rings. The third kappa shape index (κ3) is 6.27. The van der Waals surface area contributed by atoms with Gasteiger partial charge in [-0.2, -0.15) is 0 Å². The van der Waals surface area contributed by atoms with E-state index in [1.807, 2.05) is 43.5 Å². The number of H-pyrrole nitrogens is 1. The molecule has 27 heavy (non-hydrogen) atoms. The molecule has 2 rings (SSSR count). The summed E-state index contributed by atoms with van der Waals surface area (Å²) in [6, 6.07) is 14.0. The lowest BCUT2D eigenvalue weighted by molar-refractivity contribution is -0.144. The van der Waals surface area contributed by atoms with Gasteiger partial charge in [-0.3, -0.25) is 9.59 Å². The maximum atomic E-state index is 12.4. The van der Waals surface area contributed by atoms with E-state index in [0.717, 1.165) is 11.3 Å². The molecular weight excluding hydrogens is 342 g/mol. The fraction of sp³-hybridized carbons (Fsp3) is 0.455. The van der Waals surface area contributed by atoms with Crippen molar-refractivity contribution < 1.29 is 19.1 Å². The van der Waals surface area contributed by atoms with E-state index >= 15 is 0 Å². The van der Waals surface area contributed by atoms with Crippen molar-refractivity contribution in [2.75, 3.05) is 13.2 Å². The third-order valence-electron chi connectivity index (χ3n) is 4.68. The normalized spacial score (nSPS) is 13.0. The molecule has 0 bridgehead atoms. The monoisotopic (exact) mass is 371 g/mol. The van der Waals surface area contributed by atoms with Crippen LogP contribution in [0.5, 0.6) is 0 Å². The standard InChI is InChI=1S/C22H29NO4/c1-3-26-20(24)13-8-14-22(17-21(25)27-4-2,19-12-9-15-23-19)16-18-10-6-5-7-11-18/h5-7,9-12,15,23H,3-4,8,13-14,16-17H2,1-2H3. The average Bonchev–Trinajstić information content (AvgIpc) is 3.18. The van der Waals surface area contributed by atoms with Crippen molar-refractivity contribution in [1.29, 1.82) is 0 Å². The quantitative estimate of drug-likeness (QED) is 0.602. The fourth-order valence-electron chi connectivity index (χ4n) is 3.50. The molecule has 1 N–H and O–H groups in total. The highest BCUT2D eigenvalue weighted by molar-refractivity contribution is 5.72. The molecule has 1 aromatic heterocycles. The molecule has 0 saturated carbocycles. The first-order chi connectivity index (χ1) is 13.1. The summed E-state index contributed by atoms with van der Waals surface area (Å²) in [5.41, 5.74) is 1.68. The zero-order chi connectivity index (χ0) is 19.5. The Morgan fingerprint density at radius 3 is 2.30 bits per heavy atom. The van der Waals surface area contributed by atoms with Gasteiger partial charge in [0.2, 0.25) is 0 Å². The van der Waals surface area contributed by atoms with Gasteiger partial charge in [0.15, 0.2) is 0 Å². The lowest BCUT2D eigenvalue weighted by atomic mass is 9.72. The van der Waals surface area contributed by atoms with E-state index in [1.165, 1.54) is 0 Å². The van der Waals surface area contributed by atoms with E-state index in [9.17, 15) is 9.59 Å². The molecule has 1 aromatic carbocycles. The molecule has 5 nitrogen and oxygen atoms in total. The largest absolute Gasteiger partial charge is 0.466 e. The first-order valence-electron chi connectivity index (χ1n) is 9.58. The minimum absolute atomic E-state index is 0.200. The van der Waals surface area contributed by atoms with Crippen LogP contribution in [-0.4, -0.2) is 30.1 Å². The zero-order valence-corrected chi connectivity index (χ0v) is 16.2. The number of aromatic nitrogens is 1. The van der Waals surface area contributed by atoms with Crippen molar-refractivity contribution in [3.63, 3.8) is 0 Å². The lowest BCUT2D eigenvalue weighted by Gasteiger charge is -2.33. The average molecular weight is 371 g/mol. The number of carbonyl (C=O) groups is 2. The number of nitrogens with one attached hydrogen (secondary N) is 1. The van der Waals surface area contributed by atoms with E-state index in [2.05, 4.69) is 17.1 Å². The van der Waals surface area contributed by atoms with Crippen molar-refractivity contribution in [3.05, 3.63) is 59.9 Å². The highest BCUT2D eigenvalue weighted by Gasteiger charge is 2.36. The minimum Gasteiger partial charge on any atom is -0.466 e. The van der Waals surface area contributed by atoms with Crippen LogP contribution in [0, 0.1) is 0 Å². The summed E-state index contributed by atoms with van der Waals surface area (Å²) in [4.78, 5) is 27.5. The molecule has 1 unspecified atom stereocenters. The Bertz CT molecular complexity index is 696. The SMILES string of the molecule is CCOC(=O)CCCC(CC(=O)OCC)(Cc1ccccc1)c1ccc[nH]1. The number of benzene rings is 1. The van der Waals surface area contributed by atoms with E-state index in [0.29, 0.717) is 38.9 Å². The van der Waals surface area contributed by atoms with Gasteiger partial charge in [0.1, 0.15) is 0 Å². The van der Waals surface area contributed by atoms with Crippen LogP contribution in [0.4, 0.5) is 0 Å². The van der Waals surface area contributed by atoms with E-state index in [4.69, 9.17) is 9.47 Å². The lowest BCUT2D eigenvalue weighted by Crippen LogP contribution is -2.33. The van der Waals surface area contributed by atoms with Crippen molar-refractivity contribution in [1.82, 2.24) is 4.98 Å². The highest BCUT2D eigenvalue weighted by Crippen LogP contribution is 2.37. The van der Waals surface area contributed by atoms with Crippen LogP contribution < -0.4 is 0 Å². The Morgan fingerprint density at radius 2 is 1.67 bits per heavy atom. The van der Waals surface area contributed by atoms with Crippen LogP contribution in [-0.2, 0) is 30.9 Å². The van der Waals surface area contributed by atoms with Crippen molar-refractivity contribution in [2.45, 2.75) is 51.4 Å². The van der Waals surface area contributed by atoms with Crippen LogP contribution in [0.3, 0.4) is 0 Å². The van der Waals surface area contributed by atoms with Crippen LogP contribution in [0.2, 0.25) is 0 Å². The maximum Gasteiger partial charge on any atom is 0.306 e. The predicted octanol–water partition coefficient (Wildman–Crippen LogP) is 4.18. The number of ether oxygens (including phenoxy) is 2. The van der Waals surface area contributed by atoms with E-state index in [-0.39, 0.29) is 18.4 Å². The molecule has 146 valence electrons. The topological polar surface area (TPSA) is 68.4 Å². The molecule has 0 spiro atoms. The molecule has 0 radical (unpaired) electrons. The van der Waals surface area contributed by atoms with Gasteiger partial charge in [-0.25, -0.2) is 0 Å². The second kappa shape index (κ2) is 10.6. The zero-order valence-electron chi connectivity index (χ0n) is 16.2. The number of aromatic amines is 1. The van der Waals surface area contributed by atoms with Crippen LogP contribution >= 0.6 is 0 Å². The van der Waals surface area contributed by atoms with Gasteiger partial charge in [0.25, 0.3) is 0 Å². The molecule has 5 heteroatoms. The Kier molecular flexibility index (Phi) is 8.11. The molecule has 0 amide bonds. The number of hydrogen-bond acceptors (Lipinski definition) is 4. The second-order valence-corrected chi connectivity index (χ2v) is 6.67. The predicted molar refractivity (Wildman–Crippen MR) is 104 cm³/mol. The Balaban J connectivity index is 2.27. The fourth-order valence-corrected chi connectivity index (χ4v) is 3.50. The number of carbonyl (C=O) groups excluding carboxylic acids is 2. The molecule has 0 saturated heterocycles. The first kappa shape index (κ1) is 20.7. The van der Waals surface area contributed by atoms with Gasteiger partial charge in [-0.05, 0) is 50.8 Å². The third-order valence-corrected chi connectivity index (χ3v) is 4.68. The van der Waals surface area contributed by atoms with Crippen LogP contribution in [0.1, 0.15) is 50.8 Å². The summed E-state index contributed by atoms with van der Waals surface area (Å²) in [5.74, 6) is -0.423. The Labute approximate surface area is 161 Å². The second-order valence-electron chi connectivity index (χ2n) is 6.67. The number of rotatable bonds is 11. The van der Waals surface area contributed by atoms with Gasteiger partial charge in [-0.15, -0.1) is 0 Å². The van der Waals surface area contributed by atoms with Gasteiger partial charge in [0.05, 0.1) is 19.6 Å². The number of hydrogen-bond donors (Lipinski definition) is 1. The summed E-state index contributed by atoms with van der Waals surface area (Å²) >= 11 is 0. The van der Waals surface area contributed by atoms with Gasteiger partial charge in [-0.1, -0.05) is 30.3 Å². The van der Waals surface area contributed by atoms with Crippen LogP contribution in [0.15, 0.2) is 48.7 Å². The summed E-state index contributed by atoms with van der Waals surface area (Å²) in [6.45, 7) is 4.35. The molecule has 0 aliphatic rings. The van der Waals surface area contributed by atoms with Gasteiger partial charge in [0, 0.05) is 23.7 Å². The molecule has 0 aliphatic heterocycles. The first-order valence-corrected chi connectivity index (χ1v) is 9.58. The summed E-state index contributed by atoms with van der Waals surface area (Å²) in [7, 11) is 0. The summed E-state index contributed by atoms with van der Waals surface area (Å²) in [5, 5.41) is 0. The van der Waals surface area contributed by atoms with E-state index in [1.54, 1.807) is 6.92 Å². The summed E-state index contributed by atoms with van der Waals surface area (Å²) < 4.78 is 10.3. The Hall–Kier alpha value is -2.56. The molecule has 2 aromatic rings. The molecular formula is C22H29NO4. The minimum atomic E-state index is -0.455. The van der Waals surface area contributed by atoms with Crippen molar-refractivity contribution >= 4 is 11.9 Å². The van der Waals surface area contributed by atoms with E-state index < -0.39 is 5.41 Å². The van der Waals surface area contributed by atoms with Gasteiger partial charge < -0.3 is 14.5 Å². The van der Waals surface area contributed by atoms with Crippen molar-refractivity contribution in [2.24, 2.45) is 0 Å². The number of esters is 2. The van der Waals surface area contributed by atoms with Gasteiger partial charge >= 0.3 is 11.9 Å². The van der Waals surface area contributed by atoms with Crippen LogP contribution in [0.25, 0.3) is 0 Å².